The van der Waals surface area contributed by atoms with Gasteiger partial charge >= 0.3 is 0 Å². The molecule has 1 atom stereocenters. The van der Waals surface area contributed by atoms with E-state index in [2.05, 4.69) is 5.32 Å². The minimum absolute atomic E-state index is 0.0140. The first-order chi connectivity index (χ1) is 20.2. The van der Waals surface area contributed by atoms with Gasteiger partial charge < -0.3 is 10.2 Å². The van der Waals surface area contributed by atoms with Gasteiger partial charge in [0.25, 0.3) is 10.0 Å². The van der Waals surface area contributed by atoms with Gasteiger partial charge in [0.1, 0.15) is 12.6 Å². The zero-order chi connectivity index (χ0) is 30.1. The van der Waals surface area contributed by atoms with Crippen LogP contribution in [0, 0.1) is 6.92 Å². The number of aryl methyl sites for hydroxylation is 1. The van der Waals surface area contributed by atoms with Gasteiger partial charge in [-0.3, -0.25) is 13.9 Å². The number of hydrogen-bond acceptors (Lipinski definition) is 4. The van der Waals surface area contributed by atoms with Crippen molar-refractivity contribution in [2.75, 3.05) is 17.4 Å². The minimum Gasteiger partial charge on any atom is -0.355 e. The van der Waals surface area contributed by atoms with Crippen molar-refractivity contribution in [3.8, 4) is 0 Å². The first kappa shape index (κ1) is 30.8. The Balaban J connectivity index is 1.81. The van der Waals surface area contributed by atoms with Gasteiger partial charge in [-0.1, -0.05) is 96.5 Å². The molecule has 0 aliphatic carbocycles. The standard InChI is InChI=1S/C33H34ClN3O4S/c1-3-35-33(39)31(22-26-15-6-4-7-16-26)36(23-27-17-11-12-20-29(27)34)32(38)24-37(30-21-13-10-14-25(30)2)42(40,41)28-18-8-5-9-19-28/h4-21,31H,3,22-24H2,1-2H3,(H,35,39)/t31-/m1/s1. The molecule has 0 radical (unpaired) electrons. The van der Waals surface area contributed by atoms with E-state index >= 15 is 0 Å². The predicted octanol–water partition coefficient (Wildman–Crippen LogP) is 5.62. The van der Waals surface area contributed by atoms with Gasteiger partial charge in [-0.15, -0.1) is 0 Å². The number of benzene rings is 4. The topological polar surface area (TPSA) is 86.8 Å². The molecule has 218 valence electrons. The molecule has 0 bridgehead atoms. The zero-order valence-electron chi connectivity index (χ0n) is 23.6. The number of carbonyl (C=O) groups excluding carboxylic acids is 2. The maximum Gasteiger partial charge on any atom is 0.264 e. The Hall–Kier alpha value is -4.14. The molecule has 0 fully saturated rings. The smallest absolute Gasteiger partial charge is 0.264 e. The Morgan fingerprint density at radius 2 is 1.43 bits per heavy atom. The lowest BCUT2D eigenvalue weighted by molar-refractivity contribution is -0.140. The van der Waals surface area contributed by atoms with Gasteiger partial charge in [-0.25, -0.2) is 8.42 Å². The van der Waals surface area contributed by atoms with Crippen molar-refractivity contribution in [1.29, 1.82) is 0 Å². The molecule has 9 heteroatoms. The predicted molar refractivity (Wildman–Crippen MR) is 167 cm³/mol. The van der Waals surface area contributed by atoms with E-state index in [4.69, 9.17) is 11.6 Å². The maximum absolute atomic E-state index is 14.4. The Bertz CT molecular complexity index is 1610. The molecule has 4 aromatic rings. The van der Waals surface area contributed by atoms with E-state index in [9.17, 15) is 18.0 Å². The fourth-order valence-corrected chi connectivity index (χ4v) is 6.43. The summed E-state index contributed by atoms with van der Waals surface area (Å²) in [6.45, 7) is 3.47. The highest BCUT2D eigenvalue weighted by molar-refractivity contribution is 7.92. The van der Waals surface area contributed by atoms with Crippen LogP contribution in [-0.4, -0.2) is 44.3 Å². The summed E-state index contributed by atoms with van der Waals surface area (Å²) in [5.74, 6) is -0.875. The molecule has 0 heterocycles. The van der Waals surface area contributed by atoms with Crippen molar-refractivity contribution in [3.63, 3.8) is 0 Å². The third-order valence-corrected chi connectivity index (χ3v) is 9.06. The van der Waals surface area contributed by atoms with Crippen molar-refractivity contribution in [3.05, 3.63) is 131 Å². The van der Waals surface area contributed by atoms with E-state index in [1.54, 1.807) is 61.5 Å². The summed E-state index contributed by atoms with van der Waals surface area (Å²) in [6, 6.07) is 30.6. The van der Waals surface area contributed by atoms with Crippen LogP contribution in [0.4, 0.5) is 5.69 Å². The van der Waals surface area contributed by atoms with Crippen LogP contribution in [0.2, 0.25) is 5.02 Å². The third kappa shape index (κ3) is 7.38. The summed E-state index contributed by atoms with van der Waals surface area (Å²) in [6.07, 6.45) is 0.235. The first-order valence-electron chi connectivity index (χ1n) is 13.7. The van der Waals surface area contributed by atoms with Gasteiger partial charge in [-0.2, -0.15) is 0 Å². The van der Waals surface area contributed by atoms with Gasteiger partial charge in [0.05, 0.1) is 10.6 Å². The molecule has 0 saturated heterocycles. The van der Waals surface area contributed by atoms with Crippen molar-refractivity contribution >= 4 is 39.1 Å². The van der Waals surface area contributed by atoms with E-state index in [0.29, 0.717) is 28.4 Å². The number of likely N-dealkylation sites (N-methyl/N-ethyl adjacent to an activating group) is 1. The van der Waals surface area contributed by atoms with Crippen LogP contribution < -0.4 is 9.62 Å². The highest BCUT2D eigenvalue weighted by atomic mass is 35.5. The molecular weight excluding hydrogens is 570 g/mol. The van der Waals surface area contributed by atoms with Crippen LogP contribution in [0.15, 0.2) is 114 Å². The van der Waals surface area contributed by atoms with E-state index in [0.717, 1.165) is 9.87 Å². The lowest BCUT2D eigenvalue weighted by Gasteiger charge is -2.34. The van der Waals surface area contributed by atoms with Gasteiger partial charge in [0.15, 0.2) is 0 Å². The quantitative estimate of drug-likeness (QED) is 0.228. The molecule has 42 heavy (non-hydrogen) atoms. The van der Waals surface area contributed by atoms with Crippen LogP contribution in [-0.2, 0) is 32.6 Å². The SMILES string of the molecule is CCNC(=O)[C@@H](Cc1ccccc1)N(Cc1ccccc1Cl)C(=O)CN(c1ccccc1C)S(=O)(=O)c1ccccc1. The molecule has 4 rings (SSSR count). The Labute approximate surface area is 252 Å². The van der Waals surface area contributed by atoms with Crippen LogP contribution >= 0.6 is 11.6 Å². The number of sulfonamides is 1. The average molecular weight is 604 g/mol. The van der Waals surface area contributed by atoms with Crippen LogP contribution in [0.5, 0.6) is 0 Å². The van der Waals surface area contributed by atoms with Crippen molar-refractivity contribution in [1.82, 2.24) is 10.2 Å². The number of amides is 2. The Kier molecular flexibility index (Phi) is 10.4. The summed E-state index contributed by atoms with van der Waals surface area (Å²) >= 11 is 6.51. The molecule has 7 nitrogen and oxygen atoms in total. The van der Waals surface area contributed by atoms with Gasteiger partial charge in [-0.05, 0) is 54.8 Å². The normalized spacial score (nSPS) is 11.9. The zero-order valence-corrected chi connectivity index (χ0v) is 25.2. The van der Waals surface area contributed by atoms with Crippen LogP contribution in [0.1, 0.15) is 23.6 Å². The highest BCUT2D eigenvalue weighted by Gasteiger charge is 2.35. The molecule has 0 aliphatic rings. The fourth-order valence-electron chi connectivity index (χ4n) is 4.73. The minimum atomic E-state index is -4.14. The van der Waals surface area contributed by atoms with Gasteiger partial charge in [0, 0.05) is 24.5 Å². The number of nitrogens with zero attached hydrogens (tertiary/aromatic N) is 2. The molecule has 0 spiro atoms. The number of rotatable bonds is 12. The molecule has 2 amide bonds. The number of para-hydroxylation sites is 1. The molecule has 1 N–H and O–H groups in total. The average Bonchev–Trinajstić information content (AvgIpc) is 3.00. The number of hydrogen-bond donors (Lipinski definition) is 1. The van der Waals surface area contributed by atoms with Crippen molar-refractivity contribution < 1.29 is 18.0 Å². The maximum atomic E-state index is 14.4. The summed E-state index contributed by atoms with van der Waals surface area (Å²) < 4.78 is 29.1. The van der Waals surface area contributed by atoms with Crippen molar-refractivity contribution in [2.45, 2.75) is 37.8 Å². The lowest BCUT2D eigenvalue weighted by Crippen LogP contribution is -2.53. The first-order valence-corrected chi connectivity index (χ1v) is 15.5. The Morgan fingerprint density at radius 3 is 2.07 bits per heavy atom. The highest BCUT2D eigenvalue weighted by Crippen LogP contribution is 2.28. The molecule has 0 unspecified atom stereocenters. The van der Waals surface area contributed by atoms with E-state index in [1.165, 1.54) is 17.0 Å². The lowest BCUT2D eigenvalue weighted by atomic mass is 10.0. The second-order valence-corrected chi connectivity index (χ2v) is 12.1. The van der Waals surface area contributed by atoms with E-state index in [1.807, 2.05) is 49.4 Å². The monoisotopic (exact) mass is 603 g/mol. The number of halogens is 1. The summed E-state index contributed by atoms with van der Waals surface area (Å²) in [5.41, 5.74) is 2.57. The molecule has 0 aliphatic heterocycles. The van der Waals surface area contributed by atoms with E-state index < -0.39 is 28.5 Å². The second-order valence-electron chi connectivity index (χ2n) is 9.82. The number of anilines is 1. The molecule has 0 saturated carbocycles. The fraction of sp³-hybridized carbons (Fsp3) is 0.212. The van der Waals surface area contributed by atoms with Crippen LogP contribution in [0.25, 0.3) is 0 Å². The van der Waals surface area contributed by atoms with Crippen LogP contribution in [0.3, 0.4) is 0 Å². The number of nitrogens with one attached hydrogen (secondary N) is 1. The largest absolute Gasteiger partial charge is 0.355 e. The van der Waals surface area contributed by atoms with Gasteiger partial charge in [0.2, 0.25) is 11.8 Å². The summed E-state index contributed by atoms with van der Waals surface area (Å²) in [5, 5.41) is 3.30. The molecular formula is C33H34ClN3O4S. The molecule has 0 aromatic heterocycles. The van der Waals surface area contributed by atoms with Crippen molar-refractivity contribution in [2.24, 2.45) is 0 Å². The third-order valence-electron chi connectivity index (χ3n) is 6.91. The summed E-state index contributed by atoms with van der Waals surface area (Å²) in [7, 11) is -4.14. The Morgan fingerprint density at radius 1 is 0.833 bits per heavy atom. The number of carbonyl (C=O) groups is 2. The van der Waals surface area contributed by atoms with E-state index in [-0.39, 0.29) is 23.8 Å². The molecule has 4 aromatic carbocycles. The second kappa shape index (κ2) is 14.2. The summed E-state index contributed by atoms with van der Waals surface area (Å²) in [4.78, 5) is 29.4.